The van der Waals surface area contributed by atoms with E-state index in [0.29, 0.717) is 24.7 Å². The van der Waals surface area contributed by atoms with E-state index in [1.54, 1.807) is 31.4 Å². The molecule has 3 aromatic carbocycles. The van der Waals surface area contributed by atoms with Crippen molar-refractivity contribution >= 4 is 11.9 Å². The van der Waals surface area contributed by atoms with Gasteiger partial charge in [0.2, 0.25) is 0 Å². The summed E-state index contributed by atoms with van der Waals surface area (Å²) >= 11 is 0. The molecule has 3 aromatic rings. The van der Waals surface area contributed by atoms with Crippen LogP contribution in [0.5, 0.6) is 5.75 Å². The first kappa shape index (κ1) is 29.5. The third kappa shape index (κ3) is 9.63. The Kier molecular flexibility index (Phi) is 11.1. The fourth-order valence-electron chi connectivity index (χ4n) is 4.31. The van der Waals surface area contributed by atoms with Crippen LogP contribution >= 0.6 is 0 Å². The van der Waals surface area contributed by atoms with Gasteiger partial charge in [-0.05, 0) is 72.0 Å². The second-order valence-corrected chi connectivity index (χ2v) is 8.93. The Hall–Kier alpha value is -4.08. The van der Waals surface area contributed by atoms with E-state index in [1.165, 1.54) is 29.8 Å². The highest BCUT2D eigenvalue weighted by atomic mass is 19.1. The van der Waals surface area contributed by atoms with Crippen LogP contribution in [0, 0.1) is 11.6 Å². The fourth-order valence-corrected chi connectivity index (χ4v) is 4.31. The molecule has 206 valence electrons. The Morgan fingerprint density at radius 2 is 1.51 bits per heavy atom. The minimum Gasteiger partial charge on any atom is -0.497 e. The molecule has 4 rings (SSSR count). The smallest absolute Gasteiger partial charge is 0.328 e. The average Bonchev–Trinajstić information content (AvgIpc) is 3.41. The molecule has 0 bridgehead atoms. The molecule has 1 saturated heterocycles. The van der Waals surface area contributed by atoms with Gasteiger partial charge in [-0.15, -0.1) is 0 Å². The van der Waals surface area contributed by atoms with E-state index < -0.39 is 11.9 Å². The van der Waals surface area contributed by atoms with E-state index in [9.17, 15) is 18.4 Å². The molecule has 0 amide bonds. The van der Waals surface area contributed by atoms with Gasteiger partial charge in [-0.3, -0.25) is 0 Å². The highest BCUT2D eigenvalue weighted by Gasteiger charge is 2.24. The zero-order chi connectivity index (χ0) is 28.2. The Balaban J connectivity index is 0.000000459. The van der Waals surface area contributed by atoms with Crippen molar-refractivity contribution < 1.29 is 38.1 Å². The molecular weight excluding hydrogens is 508 g/mol. The molecule has 1 atom stereocenters. The zero-order valence-corrected chi connectivity index (χ0v) is 21.5. The number of carboxylic acid groups (broad SMARTS) is 2. The maximum absolute atomic E-state index is 13.4. The monoisotopic (exact) mass is 539 g/mol. The lowest BCUT2D eigenvalue weighted by Crippen LogP contribution is -2.26. The number of ether oxygens (including phenoxy) is 2. The van der Waals surface area contributed by atoms with Crippen LogP contribution in [-0.2, 0) is 14.3 Å². The lowest BCUT2D eigenvalue weighted by atomic mass is 9.98. The first-order valence-electron chi connectivity index (χ1n) is 12.4. The number of halogens is 2. The summed E-state index contributed by atoms with van der Waals surface area (Å²) < 4.78 is 38.3. The summed E-state index contributed by atoms with van der Waals surface area (Å²) in [4.78, 5) is 21.5. The molecule has 0 saturated carbocycles. The second kappa shape index (κ2) is 14.8. The predicted molar refractivity (Wildman–Crippen MR) is 142 cm³/mol. The standard InChI is InChI=1S/C26H27F2NO2.C4H4O4/c1-30-25-4-2-3-21(17-25)22-13-14-29(18-22)15-16-31-26(19-5-9-23(27)10-6-19)20-7-11-24(28)12-8-20;5-3(6)1-2-4(7)8/h2-12,17,22,26H,13-16,18H2,1H3;1-2H,(H,5,6)(H,7,8). The van der Waals surface area contributed by atoms with Gasteiger partial charge in [0.15, 0.2) is 0 Å². The van der Waals surface area contributed by atoms with E-state index in [4.69, 9.17) is 19.7 Å². The topological polar surface area (TPSA) is 96.3 Å². The molecule has 0 aromatic heterocycles. The summed E-state index contributed by atoms with van der Waals surface area (Å²) in [6.45, 7) is 3.33. The lowest BCUT2D eigenvalue weighted by Gasteiger charge is -2.22. The lowest BCUT2D eigenvalue weighted by molar-refractivity contribution is -0.134. The highest BCUT2D eigenvalue weighted by Crippen LogP contribution is 2.30. The quantitative estimate of drug-likeness (QED) is 0.339. The van der Waals surface area contributed by atoms with Crippen LogP contribution in [0.15, 0.2) is 84.9 Å². The molecule has 1 aliphatic rings. The first-order valence-corrected chi connectivity index (χ1v) is 12.4. The fraction of sp³-hybridized carbons (Fsp3) is 0.267. The van der Waals surface area contributed by atoms with Gasteiger partial charge in [-0.1, -0.05) is 36.4 Å². The minimum absolute atomic E-state index is 0.290. The number of aliphatic carboxylic acids is 2. The summed E-state index contributed by atoms with van der Waals surface area (Å²) in [5.41, 5.74) is 3.01. The van der Waals surface area contributed by atoms with E-state index in [0.717, 1.165) is 42.9 Å². The molecule has 2 N–H and O–H groups in total. The van der Waals surface area contributed by atoms with E-state index in [2.05, 4.69) is 17.0 Å². The van der Waals surface area contributed by atoms with Gasteiger partial charge in [0.25, 0.3) is 0 Å². The first-order chi connectivity index (χ1) is 18.7. The summed E-state index contributed by atoms with van der Waals surface area (Å²) in [6, 6.07) is 20.9. The zero-order valence-electron chi connectivity index (χ0n) is 21.5. The van der Waals surface area contributed by atoms with E-state index >= 15 is 0 Å². The van der Waals surface area contributed by atoms with Crippen LogP contribution in [0.1, 0.15) is 35.1 Å². The molecule has 1 heterocycles. The number of hydrogen-bond donors (Lipinski definition) is 2. The molecule has 0 radical (unpaired) electrons. The van der Waals surface area contributed by atoms with E-state index in [-0.39, 0.29) is 17.7 Å². The van der Waals surface area contributed by atoms with Crippen molar-refractivity contribution in [2.45, 2.75) is 18.4 Å². The Bertz CT molecular complexity index is 1190. The molecular formula is C30H31F2NO6. The maximum atomic E-state index is 13.4. The van der Waals surface area contributed by atoms with Crippen molar-refractivity contribution in [2.75, 3.05) is 33.4 Å². The van der Waals surface area contributed by atoms with Gasteiger partial charge in [0.1, 0.15) is 23.5 Å². The van der Waals surface area contributed by atoms with Crippen molar-refractivity contribution in [3.63, 3.8) is 0 Å². The molecule has 39 heavy (non-hydrogen) atoms. The molecule has 9 heteroatoms. The van der Waals surface area contributed by atoms with Gasteiger partial charge in [0.05, 0.1) is 13.7 Å². The maximum Gasteiger partial charge on any atom is 0.328 e. The van der Waals surface area contributed by atoms with E-state index in [1.807, 2.05) is 12.1 Å². The van der Waals surface area contributed by atoms with Crippen LogP contribution in [0.25, 0.3) is 0 Å². The van der Waals surface area contributed by atoms with Crippen LogP contribution < -0.4 is 4.74 Å². The second-order valence-electron chi connectivity index (χ2n) is 8.93. The Labute approximate surface area is 225 Å². The molecule has 7 nitrogen and oxygen atoms in total. The molecule has 1 aliphatic heterocycles. The molecule has 0 spiro atoms. The number of carbonyl (C=O) groups is 2. The largest absolute Gasteiger partial charge is 0.497 e. The highest BCUT2D eigenvalue weighted by molar-refractivity contribution is 5.89. The normalized spacial score (nSPS) is 15.2. The van der Waals surface area contributed by atoms with Crippen molar-refractivity contribution in [1.29, 1.82) is 0 Å². The summed E-state index contributed by atoms with van der Waals surface area (Å²) in [7, 11) is 1.69. The van der Waals surface area contributed by atoms with Gasteiger partial charge in [0, 0.05) is 25.2 Å². The van der Waals surface area contributed by atoms with Crippen molar-refractivity contribution in [1.82, 2.24) is 4.90 Å². The summed E-state index contributed by atoms with van der Waals surface area (Å²) in [5.74, 6) is -1.72. The summed E-state index contributed by atoms with van der Waals surface area (Å²) in [5, 5.41) is 15.6. The number of carboxylic acids is 2. The van der Waals surface area contributed by atoms with Crippen LogP contribution in [0.4, 0.5) is 8.78 Å². The van der Waals surface area contributed by atoms with Gasteiger partial charge >= 0.3 is 11.9 Å². The van der Waals surface area contributed by atoms with Crippen LogP contribution in [-0.4, -0.2) is 60.4 Å². The molecule has 1 unspecified atom stereocenters. The van der Waals surface area contributed by atoms with Crippen LogP contribution in [0.3, 0.4) is 0 Å². The third-order valence-corrected chi connectivity index (χ3v) is 6.24. The summed E-state index contributed by atoms with van der Waals surface area (Å²) in [6.07, 6.45) is 1.86. The predicted octanol–water partition coefficient (Wildman–Crippen LogP) is 5.28. The van der Waals surface area contributed by atoms with Gasteiger partial charge in [-0.2, -0.15) is 0 Å². The van der Waals surface area contributed by atoms with Gasteiger partial charge in [-0.25, -0.2) is 18.4 Å². The molecule has 0 aliphatic carbocycles. The number of hydrogen-bond acceptors (Lipinski definition) is 5. The van der Waals surface area contributed by atoms with Crippen molar-refractivity contribution in [3.8, 4) is 5.75 Å². The number of benzene rings is 3. The Morgan fingerprint density at radius 1 is 0.949 bits per heavy atom. The van der Waals surface area contributed by atoms with Crippen molar-refractivity contribution in [2.24, 2.45) is 0 Å². The SMILES string of the molecule is COc1cccc(C2CCN(CCOC(c3ccc(F)cc3)c3ccc(F)cc3)C2)c1.O=C(O)C=CC(=O)O. The average molecular weight is 540 g/mol. The number of methoxy groups -OCH3 is 1. The molecule has 1 fully saturated rings. The van der Waals surface area contributed by atoms with Crippen molar-refractivity contribution in [3.05, 3.63) is 113 Å². The third-order valence-electron chi connectivity index (χ3n) is 6.24. The number of nitrogens with zero attached hydrogens (tertiary/aromatic N) is 1. The van der Waals surface area contributed by atoms with Gasteiger partial charge < -0.3 is 24.6 Å². The number of likely N-dealkylation sites (tertiary alicyclic amines) is 1. The minimum atomic E-state index is -1.26. The Morgan fingerprint density at radius 3 is 2.03 bits per heavy atom. The van der Waals surface area contributed by atoms with Crippen LogP contribution in [0.2, 0.25) is 0 Å². The number of rotatable bonds is 10.